The highest BCUT2D eigenvalue weighted by Gasteiger charge is 1.97. The molecule has 0 aliphatic rings. The SMILES string of the molecule is Cc1scc2cc[nH]c12. The molecule has 0 unspecified atom stereocenters. The Bertz CT molecular complexity index is 318. The maximum atomic E-state index is 3.18. The first-order valence-electron chi connectivity index (χ1n) is 2.89. The summed E-state index contributed by atoms with van der Waals surface area (Å²) < 4.78 is 0. The molecule has 1 nitrogen and oxygen atoms in total. The lowest BCUT2D eigenvalue weighted by molar-refractivity contribution is 1.46. The van der Waals surface area contributed by atoms with E-state index < -0.39 is 0 Å². The molecule has 0 atom stereocenters. The van der Waals surface area contributed by atoms with Gasteiger partial charge in [0.2, 0.25) is 0 Å². The van der Waals surface area contributed by atoms with Crippen LogP contribution in [0.5, 0.6) is 0 Å². The molecule has 0 spiro atoms. The molecule has 2 heteroatoms. The Morgan fingerprint density at radius 2 is 2.44 bits per heavy atom. The maximum absolute atomic E-state index is 3.18. The summed E-state index contributed by atoms with van der Waals surface area (Å²) in [6, 6.07) is 2.10. The zero-order valence-corrected chi connectivity index (χ0v) is 5.96. The molecule has 2 aromatic rings. The highest BCUT2D eigenvalue weighted by molar-refractivity contribution is 7.11. The van der Waals surface area contributed by atoms with E-state index in [0.717, 1.165) is 0 Å². The number of aryl methyl sites for hydroxylation is 1. The molecular formula is C7H7NS. The van der Waals surface area contributed by atoms with Gasteiger partial charge in [-0.3, -0.25) is 0 Å². The molecule has 2 rings (SSSR count). The van der Waals surface area contributed by atoms with Gasteiger partial charge in [0.1, 0.15) is 0 Å². The summed E-state index contributed by atoms with van der Waals surface area (Å²) in [6.07, 6.45) is 1.98. The predicted octanol–water partition coefficient (Wildman–Crippen LogP) is 2.54. The van der Waals surface area contributed by atoms with Crippen LogP contribution in [0.25, 0.3) is 10.9 Å². The zero-order valence-electron chi connectivity index (χ0n) is 5.14. The first-order chi connectivity index (χ1) is 4.38. The van der Waals surface area contributed by atoms with Crippen molar-refractivity contribution in [2.24, 2.45) is 0 Å². The van der Waals surface area contributed by atoms with Crippen LogP contribution < -0.4 is 0 Å². The lowest BCUT2D eigenvalue weighted by atomic mass is 10.4. The minimum atomic E-state index is 1.29. The van der Waals surface area contributed by atoms with E-state index in [0.29, 0.717) is 0 Å². The van der Waals surface area contributed by atoms with Gasteiger partial charge in [0, 0.05) is 21.8 Å². The van der Waals surface area contributed by atoms with Crippen molar-refractivity contribution < 1.29 is 0 Å². The van der Waals surface area contributed by atoms with Crippen molar-refractivity contribution in [2.75, 3.05) is 0 Å². The molecule has 9 heavy (non-hydrogen) atoms. The number of H-pyrrole nitrogens is 1. The topological polar surface area (TPSA) is 15.8 Å². The lowest BCUT2D eigenvalue weighted by Crippen LogP contribution is -1.60. The van der Waals surface area contributed by atoms with Crippen LogP contribution >= 0.6 is 11.3 Å². The minimum Gasteiger partial charge on any atom is -0.360 e. The van der Waals surface area contributed by atoms with Crippen molar-refractivity contribution in [3.8, 4) is 0 Å². The monoisotopic (exact) mass is 137 g/mol. The Balaban J connectivity index is 2.99. The molecule has 2 aromatic heterocycles. The van der Waals surface area contributed by atoms with Gasteiger partial charge in [-0.05, 0) is 13.0 Å². The summed E-state index contributed by atoms with van der Waals surface area (Å²) in [4.78, 5) is 4.55. The van der Waals surface area contributed by atoms with Crippen LogP contribution in [0.1, 0.15) is 4.88 Å². The van der Waals surface area contributed by atoms with E-state index in [-0.39, 0.29) is 0 Å². The van der Waals surface area contributed by atoms with Crippen LogP contribution in [-0.2, 0) is 0 Å². The zero-order chi connectivity index (χ0) is 6.27. The summed E-state index contributed by atoms with van der Waals surface area (Å²) in [5.74, 6) is 0. The van der Waals surface area contributed by atoms with E-state index in [9.17, 15) is 0 Å². The Morgan fingerprint density at radius 3 is 3.22 bits per heavy atom. The fraction of sp³-hybridized carbons (Fsp3) is 0.143. The van der Waals surface area contributed by atoms with Gasteiger partial charge in [0.15, 0.2) is 0 Å². The smallest absolute Gasteiger partial charge is 0.0592 e. The third-order valence-electron chi connectivity index (χ3n) is 1.49. The Morgan fingerprint density at radius 1 is 1.56 bits per heavy atom. The number of hydrogen-bond acceptors (Lipinski definition) is 1. The fourth-order valence-corrected chi connectivity index (χ4v) is 1.79. The molecular weight excluding hydrogens is 130 g/mol. The van der Waals surface area contributed by atoms with Gasteiger partial charge in [-0.2, -0.15) is 0 Å². The van der Waals surface area contributed by atoms with Gasteiger partial charge in [0.05, 0.1) is 5.52 Å². The van der Waals surface area contributed by atoms with Gasteiger partial charge in [-0.1, -0.05) is 0 Å². The normalized spacial score (nSPS) is 10.8. The van der Waals surface area contributed by atoms with Crippen LogP contribution in [0.3, 0.4) is 0 Å². The van der Waals surface area contributed by atoms with Crippen molar-refractivity contribution in [2.45, 2.75) is 6.92 Å². The molecule has 0 saturated carbocycles. The number of nitrogens with one attached hydrogen (secondary N) is 1. The molecule has 0 radical (unpaired) electrons. The molecule has 1 N–H and O–H groups in total. The molecule has 0 aliphatic carbocycles. The van der Waals surface area contributed by atoms with Crippen LogP contribution in [0, 0.1) is 6.92 Å². The molecule has 0 saturated heterocycles. The molecule has 0 bridgehead atoms. The molecule has 0 amide bonds. The van der Waals surface area contributed by atoms with E-state index >= 15 is 0 Å². The number of thiophene rings is 1. The predicted molar refractivity (Wildman–Crippen MR) is 40.9 cm³/mol. The van der Waals surface area contributed by atoms with Crippen LogP contribution in [0.2, 0.25) is 0 Å². The van der Waals surface area contributed by atoms with E-state index in [2.05, 4.69) is 23.4 Å². The average Bonchev–Trinajstić information content (AvgIpc) is 2.35. The molecule has 0 aromatic carbocycles. The largest absolute Gasteiger partial charge is 0.360 e. The average molecular weight is 137 g/mol. The second-order valence-electron chi connectivity index (χ2n) is 2.10. The van der Waals surface area contributed by atoms with Crippen LogP contribution in [0.4, 0.5) is 0 Å². The van der Waals surface area contributed by atoms with Crippen LogP contribution in [0.15, 0.2) is 17.6 Å². The number of aromatic amines is 1. The molecule has 0 aliphatic heterocycles. The Labute approximate surface area is 57.3 Å². The second kappa shape index (κ2) is 1.61. The number of rotatable bonds is 0. The van der Waals surface area contributed by atoms with E-state index in [1.807, 2.05) is 6.20 Å². The van der Waals surface area contributed by atoms with Crippen molar-refractivity contribution in [3.63, 3.8) is 0 Å². The minimum absolute atomic E-state index is 1.29. The van der Waals surface area contributed by atoms with Crippen LogP contribution in [-0.4, -0.2) is 4.98 Å². The Hall–Kier alpha value is -0.760. The highest BCUT2D eigenvalue weighted by atomic mass is 32.1. The van der Waals surface area contributed by atoms with Crippen molar-refractivity contribution >= 4 is 22.2 Å². The molecule has 46 valence electrons. The maximum Gasteiger partial charge on any atom is 0.0592 e. The van der Waals surface area contributed by atoms with Gasteiger partial charge < -0.3 is 4.98 Å². The van der Waals surface area contributed by atoms with E-state index in [1.165, 1.54) is 15.8 Å². The second-order valence-corrected chi connectivity index (χ2v) is 3.18. The van der Waals surface area contributed by atoms with Crippen molar-refractivity contribution in [1.82, 2.24) is 4.98 Å². The molecule has 0 fully saturated rings. The lowest BCUT2D eigenvalue weighted by Gasteiger charge is -1.77. The number of hydrogen-bond donors (Lipinski definition) is 1. The summed E-state index contributed by atoms with van der Waals surface area (Å²) in [5, 5.41) is 3.50. The third kappa shape index (κ3) is 0.598. The first-order valence-corrected chi connectivity index (χ1v) is 3.77. The van der Waals surface area contributed by atoms with Gasteiger partial charge in [-0.15, -0.1) is 11.3 Å². The molecule has 2 heterocycles. The Kier molecular flexibility index (Phi) is 0.904. The first kappa shape index (κ1) is 5.06. The number of fused-ring (bicyclic) bond motifs is 1. The van der Waals surface area contributed by atoms with E-state index in [4.69, 9.17) is 0 Å². The van der Waals surface area contributed by atoms with Crippen molar-refractivity contribution in [3.05, 3.63) is 22.5 Å². The van der Waals surface area contributed by atoms with Crippen molar-refractivity contribution in [1.29, 1.82) is 0 Å². The third-order valence-corrected chi connectivity index (χ3v) is 2.42. The highest BCUT2D eigenvalue weighted by Crippen LogP contribution is 2.22. The summed E-state index contributed by atoms with van der Waals surface area (Å²) >= 11 is 1.79. The summed E-state index contributed by atoms with van der Waals surface area (Å²) in [6.45, 7) is 2.13. The number of aromatic nitrogens is 1. The van der Waals surface area contributed by atoms with Gasteiger partial charge >= 0.3 is 0 Å². The summed E-state index contributed by atoms with van der Waals surface area (Å²) in [5.41, 5.74) is 1.29. The quantitative estimate of drug-likeness (QED) is 0.574. The van der Waals surface area contributed by atoms with Gasteiger partial charge in [0.25, 0.3) is 0 Å². The van der Waals surface area contributed by atoms with Gasteiger partial charge in [-0.25, -0.2) is 0 Å². The standard InChI is InChI=1S/C7H7NS/c1-5-7-6(4-9-5)2-3-8-7/h2-4,8H,1H3. The fourth-order valence-electron chi connectivity index (χ4n) is 0.995. The summed E-state index contributed by atoms with van der Waals surface area (Å²) in [7, 11) is 0. The van der Waals surface area contributed by atoms with E-state index in [1.54, 1.807) is 11.3 Å².